The Morgan fingerprint density at radius 1 is 0.340 bits per heavy atom. The predicted molar refractivity (Wildman–Crippen MR) is 211 cm³/mol. The van der Waals surface area contributed by atoms with Gasteiger partial charge >= 0.3 is 0 Å². The first kappa shape index (κ1) is 28.4. The Balaban J connectivity index is 1.19. The van der Waals surface area contributed by atoms with Crippen LogP contribution in [0.1, 0.15) is 0 Å². The van der Waals surface area contributed by atoms with E-state index in [4.69, 9.17) is 0 Å². The maximum absolute atomic E-state index is 3.64. The monoisotopic (exact) mass is 636 g/mol. The number of nitrogens with zero attached hydrogens (tertiary/aromatic N) is 1. The Bertz CT molecular complexity index is 2720. The normalized spacial score (nSPS) is 11.6. The largest absolute Gasteiger partial charge is 0.355 e. The molecule has 0 saturated heterocycles. The van der Waals surface area contributed by atoms with Gasteiger partial charge in [-0.2, -0.15) is 0 Å². The Morgan fingerprint density at radius 3 is 1.80 bits per heavy atom. The Kier molecular flexibility index (Phi) is 6.53. The zero-order valence-electron chi connectivity index (χ0n) is 27.3. The second-order valence-electron chi connectivity index (χ2n) is 13.0. The summed E-state index contributed by atoms with van der Waals surface area (Å²) < 4.78 is 2.50. The van der Waals surface area contributed by atoms with Gasteiger partial charge in [-0.15, -0.1) is 0 Å². The number of nitrogens with one attached hydrogen (secondary N) is 1. The number of anilines is 2. The van der Waals surface area contributed by atoms with Crippen molar-refractivity contribution in [1.29, 1.82) is 0 Å². The lowest BCUT2D eigenvalue weighted by atomic mass is 9.89. The summed E-state index contributed by atoms with van der Waals surface area (Å²) >= 11 is 0. The molecule has 2 heteroatoms. The van der Waals surface area contributed by atoms with E-state index in [1.165, 1.54) is 83.1 Å². The van der Waals surface area contributed by atoms with Crippen molar-refractivity contribution in [2.75, 3.05) is 5.32 Å². The molecule has 0 spiro atoms. The van der Waals surface area contributed by atoms with E-state index in [-0.39, 0.29) is 0 Å². The van der Waals surface area contributed by atoms with Crippen LogP contribution in [0.5, 0.6) is 0 Å². The van der Waals surface area contributed by atoms with Gasteiger partial charge in [0, 0.05) is 38.8 Å². The second-order valence-corrected chi connectivity index (χ2v) is 13.0. The fourth-order valence-electron chi connectivity index (χ4n) is 7.82. The third kappa shape index (κ3) is 4.57. The standard InChI is InChI=1S/C48H32N2/c1-3-14-32(15-4-1)34-26-27-47-42(29-34)39-21-7-8-22-40(39)43-30-36(31-44-41-23-10-12-25-46(41)50(47)48(43)44)33-16-13-17-35(28-33)38-20-9-11-24-45(38)49-37-18-5-2-6-19-37/h1-31,49H. The highest BCUT2D eigenvalue weighted by Crippen LogP contribution is 2.49. The first-order valence-corrected chi connectivity index (χ1v) is 17.2. The Morgan fingerprint density at radius 2 is 0.960 bits per heavy atom. The number of hydrogen-bond acceptors (Lipinski definition) is 1. The summed E-state index contributed by atoms with van der Waals surface area (Å²) in [7, 11) is 0. The zero-order valence-corrected chi connectivity index (χ0v) is 27.3. The van der Waals surface area contributed by atoms with Gasteiger partial charge in [-0.3, -0.25) is 0 Å². The average molecular weight is 637 g/mol. The molecular weight excluding hydrogens is 605 g/mol. The van der Waals surface area contributed by atoms with Gasteiger partial charge in [0.15, 0.2) is 0 Å². The van der Waals surface area contributed by atoms with E-state index in [1.807, 2.05) is 6.07 Å². The molecule has 0 amide bonds. The lowest BCUT2D eigenvalue weighted by molar-refractivity contribution is 1.19. The third-order valence-corrected chi connectivity index (χ3v) is 10.1. The summed E-state index contributed by atoms with van der Waals surface area (Å²) in [4.78, 5) is 0. The van der Waals surface area contributed by atoms with Crippen molar-refractivity contribution < 1.29 is 0 Å². The molecule has 1 aromatic heterocycles. The van der Waals surface area contributed by atoms with Crippen LogP contribution in [0.3, 0.4) is 0 Å². The SMILES string of the molecule is c1ccc(Nc2ccccc2-c2cccc(-c3cc4c5c(c3)c3ccccc3n5-c3ccc(-c5ccccc5)cc3-c3ccccc3-4)c2)cc1. The summed E-state index contributed by atoms with van der Waals surface area (Å²) in [5, 5.41) is 6.17. The summed E-state index contributed by atoms with van der Waals surface area (Å²) in [5.74, 6) is 0. The molecule has 0 atom stereocenters. The number of hydrogen-bond donors (Lipinski definition) is 1. The van der Waals surface area contributed by atoms with Crippen molar-refractivity contribution in [3.05, 3.63) is 188 Å². The Labute approximate surface area is 291 Å². The van der Waals surface area contributed by atoms with Gasteiger partial charge in [0.1, 0.15) is 0 Å². The number of para-hydroxylation sites is 3. The van der Waals surface area contributed by atoms with E-state index < -0.39 is 0 Å². The number of rotatable bonds is 5. The van der Waals surface area contributed by atoms with Crippen molar-refractivity contribution in [2.24, 2.45) is 0 Å². The van der Waals surface area contributed by atoms with E-state index in [1.54, 1.807) is 0 Å². The predicted octanol–water partition coefficient (Wildman–Crippen LogP) is 13.2. The van der Waals surface area contributed by atoms with Gasteiger partial charge in [-0.25, -0.2) is 0 Å². The first-order valence-electron chi connectivity index (χ1n) is 17.2. The van der Waals surface area contributed by atoms with Crippen LogP contribution in [0, 0.1) is 0 Å². The minimum absolute atomic E-state index is 1.07. The van der Waals surface area contributed by atoms with Crippen LogP contribution in [0.25, 0.3) is 83.1 Å². The Hall–Kier alpha value is -6.64. The number of benzene rings is 8. The molecule has 1 aliphatic rings. The van der Waals surface area contributed by atoms with E-state index >= 15 is 0 Å². The van der Waals surface area contributed by atoms with Crippen LogP contribution in [0.4, 0.5) is 11.4 Å². The van der Waals surface area contributed by atoms with Crippen LogP contribution in [-0.4, -0.2) is 4.57 Å². The van der Waals surface area contributed by atoms with Crippen molar-refractivity contribution in [1.82, 2.24) is 4.57 Å². The fourth-order valence-corrected chi connectivity index (χ4v) is 7.82. The van der Waals surface area contributed by atoms with E-state index in [0.29, 0.717) is 0 Å². The molecule has 0 unspecified atom stereocenters. The molecule has 50 heavy (non-hydrogen) atoms. The second kappa shape index (κ2) is 11.5. The van der Waals surface area contributed by atoms with E-state index in [9.17, 15) is 0 Å². The first-order chi connectivity index (χ1) is 24.8. The topological polar surface area (TPSA) is 17.0 Å². The molecule has 0 aliphatic carbocycles. The molecule has 0 saturated carbocycles. The molecule has 1 aliphatic heterocycles. The lowest BCUT2D eigenvalue weighted by Crippen LogP contribution is -1.96. The van der Waals surface area contributed by atoms with Crippen LogP contribution < -0.4 is 5.32 Å². The summed E-state index contributed by atoms with van der Waals surface area (Å²) in [6.45, 7) is 0. The smallest absolute Gasteiger partial charge is 0.0620 e. The van der Waals surface area contributed by atoms with Crippen molar-refractivity contribution >= 4 is 33.2 Å². The van der Waals surface area contributed by atoms with Crippen LogP contribution in [0.2, 0.25) is 0 Å². The quantitative estimate of drug-likeness (QED) is 0.199. The highest BCUT2D eigenvalue weighted by molar-refractivity contribution is 6.17. The van der Waals surface area contributed by atoms with Gasteiger partial charge in [0.2, 0.25) is 0 Å². The fraction of sp³-hybridized carbons (Fsp3) is 0. The maximum atomic E-state index is 3.64. The van der Waals surface area contributed by atoms with Gasteiger partial charge in [-0.05, 0) is 93.5 Å². The molecule has 8 aromatic carbocycles. The molecule has 2 nitrogen and oxygen atoms in total. The van der Waals surface area contributed by atoms with Gasteiger partial charge < -0.3 is 9.88 Å². The molecular formula is C48H32N2. The van der Waals surface area contributed by atoms with Crippen LogP contribution in [-0.2, 0) is 0 Å². The van der Waals surface area contributed by atoms with Crippen LogP contribution in [0.15, 0.2) is 188 Å². The summed E-state index contributed by atoms with van der Waals surface area (Å²) in [6.07, 6.45) is 0. The average Bonchev–Trinajstić information content (AvgIpc) is 3.46. The molecule has 0 radical (unpaired) electrons. The number of fused-ring (bicyclic) bond motifs is 8. The molecule has 9 aromatic rings. The van der Waals surface area contributed by atoms with E-state index in [2.05, 4.69) is 192 Å². The molecule has 10 rings (SSSR count). The minimum Gasteiger partial charge on any atom is -0.355 e. The summed E-state index contributed by atoms with van der Waals surface area (Å²) in [6, 6.07) is 68.2. The molecule has 0 bridgehead atoms. The molecule has 234 valence electrons. The number of aromatic nitrogens is 1. The summed E-state index contributed by atoms with van der Waals surface area (Å²) in [5.41, 5.74) is 18.0. The minimum atomic E-state index is 1.07. The third-order valence-electron chi connectivity index (χ3n) is 10.1. The van der Waals surface area contributed by atoms with E-state index in [0.717, 1.165) is 11.4 Å². The molecule has 2 heterocycles. The molecule has 0 fully saturated rings. The zero-order chi connectivity index (χ0) is 33.0. The van der Waals surface area contributed by atoms with Crippen molar-refractivity contribution in [3.63, 3.8) is 0 Å². The van der Waals surface area contributed by atoms with Crippen molar-refractivity contribution in [2.45, 2.75) is 0 Å². The van der Waals surface area contributed by atoms with Gasteiger partial charge in [0.05, 0.1) is 16.7 Å². The van der Waals surface area contributed by atoms with Gasteiger partial charge in [0.25, 0.3) is 0 Å². The highest BCUT2D eigenvalue weighted by atomic mass is 15.0. The molecule has 1 N–H and O–H groups in total. The van der Waals surface area contributed by atoms with Crippen LogP contribution >= 0.6 is 0 Å². The lowest BCUT2D eigenvalue weighted by Gasteiger charge is -2.15. The highest BCUT2D eigenvalue weighted by Gasteiger charge is 2.25. The van der Waals surface area contributed by atoms with Crippen molar-refractivity contribution in [3.8, 4) is 61.3 Å². The maximum Gasteiger partial charge on any atom is 0.0620 e. The van der Waals surface area contributed by atoms with Gasteiger partial charge in [-0.1, -0.05) is 133 Å².